The fourth-order valence-electron chi connectivity index (χ4n) is 4.64. The van der Waals surface area contributed by atoms with Gasteiger partial charge in [-0.1, -0.05) is 59.7 Å². The van der Waals surface area contributed by atoms with E-state index in [1.807, 2.05) is 13.0 Å². The highest BCUT2D eigenvalue weighted by Crippen LogP contribution is 2.33. The van der Waals surface area contributed by atoms with E-state index >= 15 is 0 Å². The summed E-state index contributed by atoms with van der Waals surface area (Å²) >= 11 is 0. The Bertz CT molecular complexity index is 1020. The number of esters is 1. The molecule has 0 saturated carbocycles. The van der Waals surface area contributed by atoms with Gasteiger partial charge in [0.2, 0.25) is 0 Å². The molecule has 0 aliphatic carbocycles. The molecule has 0 unspecified atom stereocenters. The summed E-state index contributed by atoms with van der Waals surface area (Å²) in [4.78, 5) is 27.6. The summed E-state index contributed by atoms with van der Waals surface area (Å²) in [6.45, 7) is 8.11. The fraction of sp³-hybridized carbons (Fsp3) is 0.444. The maximum Gasteiger partial charge on any atom is 0.309 e. The van der Waals surface area contributed by atoms with Crippen LogP contribution in [0, 0.1) is 19.8 Å². The van der Waals surface area contributed by atoms with Gasteiger partial charge in [-0.05, 0) is 57.8 Å². The molecule has 0 N–H and O–H groups in total. The molecule has 174 valence electrons. The number of hydrazone groups is 1. The van der Waals surface area contributed by atoms with Gasteiger partial charge in [-0.25, -0.2) is 5.01 Å². The third-order valence-electron chi connectivity index (χ3n) is 6.55. The van der Waals surface area contributed by atoms with Crippen molar-refractivity contribution in [1.29, 1.82) is 0 Å². The summed E-state index contributed by atoms with van der Waals surface area (Å²) in [5, 5.41) is 6.49. The first-order valence-corrected chi connectivity index (χ1v) is 11.9. The van der Waals surface area contributed by atoms with Crippen LogP contribution in [0.25, 0.3) is 0 Å². The molecule has 2 heterocycles. The van der Waals surface area contributed by atoms with E-state index in [1.165, 1.54) is 11.1 Å². The van der Waals surface area contributed by atoms with Crippen molar-refractivity contribution < 1.29 is 14.3 Å². The molecule has 1 amide bonds. The maximum absolute atomic E-state index is 13.4. The van der Waals surface area contributed by atoms with Gasteiger partial charge in [-0.15, -0.1) is 0 Å². The Labute approximate surface area is 196 Å². The zero-order valence-corrected chi connectivity index (χ0v) is 19.8. The maximum atomic E-state index is 13.4. The van der Waals surface area contributed by atoms with E-state index in [0.717, 1.165) is 29.7 Å². The van der Waals surface area contributed by atoms with Crippen molar-refractivity contribution in [2.45, 2.75) is 46.1 Å². The van der Waals surface area contributed by atoms with Crippen molar-refractivity contribution in [3.05, 3.63) is 70.8 Å². The number of carbonyl (C=O) groups is 2. The van der Waals surface area contributed by atoms with Crippen LogP contribution in [0.5, 0.6) is 0 Å². The van der Waals surface area contributed by atoms with Crippen LogP contribution in [0.3, 0.4) is 0 Å². The minimum Gasteiger partial charge on any atom is -0.466 e. The SMILES string of the molecule is CCOC(=O)C1CCN(CC(=O)N2N=C(c3cccc(C)c3)C[C@H]2c2ccc(C)cc2)CC1. The summed E-state index contributed by atoms with van der Waals surface area (Å²) in [5.74, 6) is -0.179. The second kappa shape index (κ2) is 10.3. The summed E-state index contributed by atoms with van der Waals surface area (Å²) in [7, 11) is 0. The van der Waals surface area contributed by atoms with E-state index in [4.69, 9.17) is 9.84 Å². The molecule has 33 heavy (non-hydrogen) atoms. The van der Waals surface area contributed by atoms with Gasteiger partial charge in [0.1, 0.15) is 0 Å². The molecule has 2 aromatic carbocycles. The number of carbonyl (C=O) groups excluding carboxylic acids is 2. The number of aryl methyl sites for hydroxylation is 2. The van der Waals surface area contributed by atoms with Crippen LogP contribution < -0.4 is 0 Å². The Kier molecular flexibility index (Phi) is 7.23. The van der Waals surface area contributed by atoms with Gasteiger partial charge in [0.05, 0.1) is 30.8 Å². The molecule has 1 saturated heterocycles. The predicted molar refractivity (Wildman–Crippen MR) is 129 cm³/mol. The number of rotatable bonds is 6. The summed E-state index contributed by atoms with van der Waals surface area (Å²) in [5.41, 5.74) is 5.48. The van der Waals surface area contributed by atoms with Crippen molar-refractivity contribution >= 4 is 17.6 Å². The van der Waals surface area contributed by atoms with Crippen LogP contribution in [-0.4, -0.2) is 53.7 Å². The molecule has 6 nitrogen and oxygen atoms in total. The number of hydrogen-bond donors (Lipinski definition) is 0. The molecule has 4 rings (SSSR count). The largest absolute Gasteiger partial charge is 0.466 e. The number of benzene rings is 2. The van der Waals surface area contributed by atoms with Crippen molar-refractivity contribution in [1.82, 2.24) is 9.91 Å². The van der Waals surface area contributed by atoms with Gasteiger partial charge in [0, 0.05) is 6.42 Å². The number of likely N-dealkylation sites (tertiary alicyclic amines) is 1. The van der Waals surface area contributed by atoms with E-state index in [-0.39, 0.29) is 23.8 Å². The Morgan fingerprint density at radius 3 is 2.42 bits per heavy atom. The lowest BCUT2D eigenvalue weighted by molar-refractivity contribution is -0.149. The lowest BCUT2D eigenvalue weighted by Gasteiger charge is -2.32. The molecule has 6 heteroatoms. The quantitative estimate of drug-likeness (QED) is 0.621. The van der Waals surface area contributed by atoms with Gasteiger partial charge in [-0.3, -0.25) is 14.5 Å². The first kappa shape index (κ1) is 23.2. The zero-order chi connectivity index (χ0) is 23.4. The van der Waals surface area contributed by atoms with E-state index in [0.29, 0.717) is 32.7 Å². The summed E-state index contributed by atoms with van der Waals surface area (Å²) in [6, 6.07) is 16.5. The first-order valence-electron chi connectivity index (χ1n) is 11.9. The molecular weight excluding hydrogens is 414 g/mol. The zero-order valence-electron chi connectivity index (χ0n) is 19.8. The summed E-state index contributed by atoms with van der Waals surface area (Å²) in [6.07, 6.45) is 2.15. The smallest absolute Gasteiger partial charge is 0.309 e. The Morgan fingerprint density at radius 1 is 1.03 bits per heavy atom. The summed E-state index contributed by atoms with van der Waals surface area (Å²) < 4.78 is 5.16. The molecule has 1 atom stereocenters. The molecule has 0 bridgehead atoms. The van der Waals surface area contributed by atoms with Gasteiger partial charge in [0.15, 0.2) is 0 Å². The van der Waals surface area contributed by atoms with Crippen LogP contribution in [-0.2, 0) is 14.3 Å². The second-order valence-electron chi connectivity index (χ2n) is 9.09. The highest BCUT2D eigenvalue weighted by atomic mass is 16.5. The lowest BCUT2D eigenvalue weighted by Crippen LogP contribution is -2.43. The van der Waals surface area contributed by atoms with Crippen LogP contribution >= 0.6 is 0 Å². The number of ether oxygens (including phenoxy) is 1. The molecule has 2 aliphatic rings. The standard InChI is InChI=1S/C27H33N3O3/c1-4-33-27(32)22-12-14-29(15-13-22)18-26(31)30-25(21-10-8-19(2)9-11-21)17-24(28-30)23-7-5-6-20(3)16-23/h5-11,16,22,25H,4,12-15,17-18H2,1-3H3/t25-/m0/s1. The van der Waals surface area contributed by atoms with Crippen LogP contribution in [0.15, 0.2) is 53.6 Å². The van der Waals surface area contributed by atoms with Crippen molar-refractivity contribution in [2.75, 3.05) is 26.2 Å². The van der Waals surface area contributed by atoms with Gasteiger partial charge < -0.3 is 4.74 Å². The molecule has 0 spiro atoms. The lowest BCUT2D eigenvalue weighted by atomic mass is 9.96. The average molecular weight is 448 g/mol. The second-order valence-corrected chi connectivity index (χ2v) is 9.09. The normalized spacial score (nSPS) is 19.4. The Morgan fingerprint density at radius 2 is 1.76 bits per heavy atom. The number of piperidine rings is 1. The molecule has 2 aliphatic heterocycles. The Hall–Kier alpha value is -2.99. The minimum absolute atomic E-state index is 0.00203. The van der Waals surface area contributed by atoms with E-state index in [9.17, 15) is 9.59 Å². The predicted octanol–water partition coefficient (Wildman–Crippen LogP) is 4.26. The van der Waals surface area contributed by atoms with E-state index in [1.54, 1.807) is 5.01 Å². The van der Waals surface area contributed by atoms with Crippen molar-refractivity contribution in [3.63, 3.8) is 0 Å². The van der Waals surface area contributed by atoms with Crippen molar-refractivity contribution in [2.24, 2.45) is 11.0 Å². The van der Waals surface area contributed by atoms with Crippen LogP contribution in [0.1, 0.15) is 54.5 Å². The van der Waals surface area contributed by atoms with Gasteiger partial charge in [0.25, 0.3) is 5.91 Å². The number of nitrogens with zero attached hydrogens (tertiary/aromatic N) is 3. The van der Waals surface area contributed by atoms with Gasteiger partial charge in [-0.2, -0.15) is 5.10 Å². The number of hydrogen-bond acceptors (Lipinski definition) is 5. The fourth-order valence-corrected chi connectivity index (χ4v) is 4.64. The molecule has 2 aromatic rings. The highest BCUT2D eigenvalue weighted by Gasteiger charge is 2.35. The highest BCUT2D eigenvalue weighted by molar-refractivity contribution is 6.03. The molecule has 1 fully saturated rings. The van der Waals surface area contributed by atoms with Gasteiger partial charge >= 0.3 is 5.97 Å². The topological polar surface area (TPSA) is 62.2 Å². The Balaban J connectivity index is 1.49. The van der Waals surface area contributed by atoms with Crippen LogP contribution in [0.2, 0.25) is 0 Å². The van der Waals surface area contributed by atoms with Crippen LogP contribution in [0.4, 0.5) is 0 Å². The number of amides is 1. The van der Waals surface area contributed by atoms with E-state index < -0.39 is 0 Å². The monoisotopic (exact) mass is 447 g/mol. The third kappa shape index (κ3) is 5.50. The minimum atomic E-state index is -0.116. The third-order valence-corrected chi connectivity index (χ3v) is 6.55. The first-order chi connectivity index (χ1) is 15.9. The van der Waals surface area contributed by atoms with Crippen molar-refractivity contribution in [3.8, 4) is 0 Å². The molecular formula is C27H33N3O3. The molecule has 0 aromatic heterocycles. The van der Waals surface area contributed by atoms with E-state index in [2.05, 4.69) is 61.2 Å². The average Bonchev–Trinajstić information content (AvgIpc) is 3.26. The molecule has 0 radical (unpaired) electrons.